The first kappa shape index (κ1) is 81.3. The highest BCUT2D eigenvalue weighted by Crippen LogP contribution is 2.32. The smallest absolute Gasteiger partial charge is 0.272 e. The molecule has 1 unspecified atom stereocenters. The van der Waals surface area contributed by atoms with Crippen LogP contribution in [0.1, 0.15) is 57.6 Å². The zero-order chi connectivity index (χ0) is 68.7. The van der Waals surface area contributed by atoms with Crippen LogP contribution in [0.25, 0.3) is 43.9 Å². The van der Waals surface area contributed by atoms with Gasteiger partial charge in [0.05, 0.1) is 59.3 Å². The molecule has 1 atom stereocenters. The third-order valence-electron chi connectivity index (χ3n) is 12.9. The molecular formula is C64H77Br3F5IN8O11. The molecule has 92 heavy (non-hydrogen) atoms. The van der Waals surface area contributed by atoms with Crippen LogP contribution in [-0.4, -0.2) is 102 Å². The Morgan fingerprint density at radius 3 is 1.45 bits per heavy atom. The maximum Gasteiger partial charge on any atom is 0.272 e. The van der Waals surface area contributed by atoms with E-state index in [2.05, 4.69) is 85.7 Å². The number of hydrogen-bond acceptors (Lipinski definition) is 15. The van der Waals surface area contributed by atoms with Crippen LogP contribution in [0.3, 0.4) is 0 Å². The summed E-state index contributed by atoms with van der Waals surface area (Å²) in [7, 11) is 7.93. The molecule has 0 saturated carbocycles. The molecule has 0 spiro atoms. The fourth-order valence-corrected chi connectivity index (χ4v) is 10.2. The predicted molar refractivity (Wildman–Crippen MR) is 374 cm³/mol. The molecule has 9 aromatic rings. The number of nitrogen functional groups attached to an aromatic ring is 1. The minimum atomic E-state index is -0.761. The van der Waals surface area contributed by atoms with Crippen LogP contribution in [0, 0.1) is 56.8 Å². The van der Waals surface area contributed by atoms with Crippen LogP contribution in [0.2, 0.25) is 0 Å². The lowest BCUT2D eigenvalue weighted by atomic mass is 10.1. The summed E-state index contributed by atoms with van der Waals surface area (Å²) in [5.74, 6) is -3.07. The molecule has 0 aliphatic rings. The highest BCUT2D eigenvalue weighted by atomic mass is 127. The van der Waals surface area contributed by atoms with Crippen molar-refractivity contribution >= 4 is 132 Å². The van der Waals surface area contributed by atoms with Crippen molar-refractivity contribution in [3.63, 3.8) is 0 Å². The summed E-state index contributed by atoms with van der Waals surface area (Å²) in [5.41, 5.74) is 10.0. The zero-order valence-electron chi connectivity index (χ0n) is 52.6. The molecule has 0 radical (unpaired) electrons. The van der Waals surface area contributed by atoms with Crippen molar-refractivity contribution < 1.29 is 55.5 Å². The summed E-state index contributed by atoms with van der Waals surface area (Å²) in [4.78, 5) is 67.4. The zero-order valence-corrected chi connectivity index (χ0v) is 59.5. The van der Waals surface area contributed by atoms with Crippen molar-refractivity contribution in [1.82, 2.24) is 28.2 Å². The van der Waals surface area contributed by atoms with Gasteiger partial charge in [0.1, 0.15) is 41.8 Å². The van der Waals surface area contributed by atoms with E-state index in [9.17, 15) is 51.0 Å². The van der Waals surface area contributed by atoms with Gasteiger partial charge in [0.15, 0.2) is 47.3 Å². The highest BCUT2D eigenvalue weighted by molar-refractivity contribution is 14.1. The Hall–Kier alpha value is -6.83. The number of halogens is 9. The molecule has 502 valence electrons. The average molecular weight is 1600 g/mol. The van der Waals surface area contributed by atoms with E-state index in [0.29, 0.717) is 97.4 Å². The second kappa shape index (κ2) is 39.0. The number of carbonyl (C=O) groups is 1. The molecule has 19 nitrogen and oxygen atoms in total. The molecule has 0 fully saturated rings. The molecule has 0 aliphatic carbocycles. The van der Waals surface area contributed by atoms with Crippen molar-refractivity contribution in [1.29, 1.82) is 0 Å². The number of fused-ring (bicyclic) bond motifs is 4. The summed E-state index contributed by atoms with van der Waals surface area (Å²) in [6.45, 7) is 16.2. The molecular weight excluding hydrogens is 1520 g/mol. The van der Waals surface area contributed by atoms with Gasteiger partial charge in [0, 0.05) is 77.0 Å². The van der Waals surface area contributed by atoms with E-state index in [-0.39, 0.29) is 82.6 Å². The van der Waals surface area contributed by atoms with Crippen LogP contribution < -0.4 is 42.8 Å². The summed E-state index contributed by atoms with van der Waals surface area (Å²) in [5, 5.41) is 14.5. The number of aromatic hydroxyl groups is 1. The van der Waals surface area contributed by atoms with Crippen molar-refractivity contribution in [3.05, 3.63) is 175 Å². The van der Waals surface area contributed by atoms with Crippen LogP contribution in [0.4, 0.5) is 33.3 Å². The fraction of sp³-hybridized carbons (Fsp3) is 0.359. The number of hydrogen-bond donors (Lipinski definition) is 3. The number of benzene rings is 5. The second-order valence-electron chi connectivity index (χ2n) is 19.3. The monoisotopic (exact) mass is 1590 g/mol. The van der Waals surface area contributed by atoms with E-state index >= 15 is 0 Å². The predicted octanol–water partition coefficient (Wildman–Crippen LogP) is 13.3. The lowest BCUT2D eigenvalue weighted by Crippen LogP contribution is -2.22. The molecule has 0 saturated heterocycles. The van der Waals surface area contributed by atoms with Crippen LogP contribution in [-0.2, 0) is 47.2 Å². The number of aldehydes is 1. The van der Waals surface area contributed by atoms with Gasteiger partial charge in [-0.3, -0.25) is 24.0 Å². The minimum absolute atomic E-state index is 0. The normalized spacial score (nSPS) is 10.8. The maximum absolute atomic E-state index is 14.1. The molecule has 28 heteroatoms. The van der Waals surface area contributed by atoms with Crippen LogP contribution >= 0.6 is 70.4 Å². The van der Waals surface area contributed by atoms with Gasteiger partial charge < -0.3 is 58.1 Å². The standard InChI is InChI=1S/C16H20FNO3.C13H12FNO3.C10H8BrFN2O.C10H9FN2O2.C7H8BrFN2.C6H13BrO2.CH3I.CH4/c1-5-20-11(3)9-21-15-13(17)7-6-12-8-10(2)16(19)18(4)14(12)15;1-8-7-9-3-4-10(14)12(18-6-5-16)11(9)15(2)13(8)17;1-5-10(15)14(2)9-7(13-5)4-3-6(12)8(9)11;1-5-10(15)13(2)8-7(12-5)4-3-6(11)9(8)14;1-11-7-5(10)3-2-4(9)6(7)8;1-3-8-6(5-7)9-4-2;1-2;/h6-8,11H,5,9H2,1-4H3;3-5,7H,6H2,1-2H3;3-4H,1-2H3;3-4,14H,1-2H3;2-3,11H,10H2,1H3;6H,3-5H2,1-2H3;1H3;1H4. The lowest BCUT2D eigenvalue weighted by molar-refractivity contribution is -0.119. The molecule has 0 aliphatic heterocycles. The van der Waals surface area contributed by atoms with Gasteiger partial charge in [0.2, 0.25) is 0 Å². The second-order valence-corrected chi connectivity index (χ2v) is 21.5. The molecule has 0 bridgehead atoms. The number of ether oxygens (including phenoxy) is 5. The first-order chi connectivity index (χ1) is 43.1. The third kappa shape index (κ3) is 20.8. The molecule has 0 amide bonds. The highest BCUT2D eigenvalue weighted by Gasteiger charge is 2.18. The Kier molecular flexibility index (Phi) is 34.5. The molecule has 4 aromatic heterocycles. The molecule has 9 rings (SSSR count). The molecule has 4 heterocycles. The number of nitrogens with one attached hydrogen (secondary N) is 1. The summed E-state index contributed by atoms with van der Waals surface area (Å²) in [6, 6.07) is 17.5. The Morgan fingerprint density at radius 2 is 1.01 bits per heavy atom. The number of aromatic nitrogens is 6. The van der Waals surface area contributed by atoms with E-state index in [1.165, 1.54) is 61.7 Å². The summed E-state index contributed by atoms with van der Waals surface area (Å²) in [6.07, 6.45) is 0.317. The van der Waals surface area contributed by atoms with E-state index in [1.54, 1.807) is 86.2 Å². The quantitative estimate of drug-likeness (QED) is 0.0229. The Labute approximate surface area is 568 Å². The number of phenols is 1. The number of anilines is 2. The average Bonchev–Trinajstić information content (AvgIpc) is 0.877. The van der Waals surface area contributed by atoms with E-state index < -0.39 is 29.0 Å². The van der Waals surface area contributed by atoms with Crippen LogP contribution in [0.15, 0.2) is 101 Å². The van der Waals surface area contributed by atoms with E-state index in [1.807, 2.05) is 32.6 Å². The Bertz CT molecular complexity index is 4120. The first-order valence-electron chi connectivity index (χ1n) is 27.7. The van der Waals surface area contributed by atoms with Gasteiger partial charge in [0.25, 0.3) is 22.2 Å². The van der Waals surface area contributed by atoms with Gasteiger partial charge in [-0.2, -0.15) is 0 Å². The number of carbonyl (C=O) groups excluding carboxylic acids is 1. The maximum atomic E-state index is 14.1. The van der Waals surface area contributed by atoms with Crippen molar-refractivity contribution in [2.75, 3.05) is 61.4 Å². The van der Waals surface area contributed by atoms with Gasteiger partial charge in [-0.1, -0.05) is 45.9 Å². The van der Waals surface area contributed by atoms with Gasteiger partial charge in [-0.15, -0.1) is 0 Å². The number of rotatable bonds is 14. The van der Waals surface area contributed by atoms with E-state index in [4.69, 9.17) is 29.4 Å². The SMILES string of the molecule is C.CCOC(C)COc1c(F)ccc2cc(C)c(=O)n(C)c12.CCOC(CBr)OCC.CI.CNc1c(N)ccc(F)c1Br.Cc1cc2ccc(F)c(OCC=O)c2n(C)c1=O.Cc1nc2ccc(F)c(Br)c2n(C)c1=O.Cc1nc2ccc(F)c(O)c2n(C)c1=O. The van der Waals surface area contributed by atoms with Gasteiger partial charge in [-0.25, -0.2) is 31.9 Å². The fourth-order valence-electron chi connectivity index (χ4n) is 8.67. The van der Waals surface area contributed by atoms with Crippen molar-refractivity contribution in [3.8, 4) is 17.2 Å². The summed E-state index contributed by atoms with van der Waals surface area (Å²) < 4.78 is 99.3. The first-order valence-corrected chi connectivity index (χ1v) is 32.6. The van der Waals surface area contributed by atoms with E-state index in [0.717, 1.165) is 16.8 Å². The van der Waals surface area contributed by atoms with Gasteiger partial charge >= 0.3 is 0 Å². The number of pyridine rings is 2. The topological polar surface area (TPSA) is 235 Å². The van der Waals surface area contributed by atoms with Crippen molar-refractivity contribution in [2.45, 2.75) is 75.2 Å². The number of phenolic OH excluding ortho intramolecular Hbond substituents is 1. The number of nitrogens with zero attached hydrogens (tertiary/aromatic N) is 6. The third-order valence-corrected chi connectivity index (χ3v) is 15.0. The number of aryl methyl sites for hydroxylation is 8. The lowest BCUT2D eigenvalue weighted by Gasteiger charge is -2.16. The number of nitrogens with two attached hydrogens (primary N) is 1. The number of alkyl halides is 2. The molecule has 4 N–H and O–H groups in total. The Balaban J connectivity index is 0.000000380. The Morgan fingerprint density at radius 1 is 0.609 bits per heavy atom. The minimum Gasteiger partial charge on any atom is -0.503 e. The summed E-state index contributed by atoms with van der Waals surface area (Å²) >= 11 is 11.6. The van der Waals surface area contributed by atoms with Crippen molar-refractivity contribution in [2.24, 2.45) is 28.2 Å². The molecule has 5 aromatic carbocycles. The van der Waals surface area contributed by atoms with Gasteiger partial charge in [-0.05, 0) is 165 Å². The van der Waals surface area contributed by atoms with Crippen LogP contribution in [0.5, 0.6) is 17.2 Å². The largest absolute Gasteiger partial charge is 0.503 e.